The van der Waals surface area contributed by atoms with Gasteiger partial charge in [-0.1, -0.05) is 19.1 Å². The van der Waals surface area contributed by atoms with Gasteiger partial charge in [-0.25, -0.2) is 9.97 Å². The van der Waals surface area contributed by atoms with Gasteiger partial charge in [0.25, 0.3) is 0 Å². The molecule has 3 aromatic rings. The van der Waals surface area contributed by atoms with E-state index >= 15 is 0 Å². The number of aryl methyl sites for hydroxylation is 2. The summed E-state index contributed by atoms with van der Waals surface area (Å²) < 4.78 is 7.94. The van der Waals surface area contributed by atoms with Crippen molar-refractivity contribution >= 4 is 39.5 Å². The fourth-order valence-corrected chi connectivity index (χ4v) is 4.47. The number of pyridine rings is 1. The van der Waals surface area contributed by atoms with Crippen molar-refractivity contribution in [3.8, 4) is 0 Å². The third-order valence-corrected chi connectivity index (χ3v) is 6.15. The quantitative estimate of drug-likeness (QED) is 0.694. The molecule has 5 nitrogen and oxygen atoms in total. The number of nitrogen functional groups attached to an aromatic ring is 1. The van der Waals surface area contributed by atoms with Crippen LogP contribution in [0, 0.1) is 5.92 Å². The lowest BCUT2D eigenvalue weighted by atomic mass is 10.00. The Balaban J connectivity index is 1.84. The highest BCUT2D eigenvalue weighted by molar-refractivity contribution is 7.98. The van der Waals surface area contributed by atoms with Crippen LogP contribution in [0.5, 0.6) is 0 Å². The van der Waals surface area contributed by atoms with E-state index in [4.69, 9.17) is 15.5 Å². The molecular formula is C21H28N4OS. The van der Waals surface area contributed by atoms with Crippen LogP contribution in [-0.4, -0.2) is 39.8 Å². The number of anilines is 1. The number of hydrogen-bond donors (Lipinski definition) is 1. The standard InChI is InChI=1S/C21H28N4OS/c1-3-18-24-19-20(25(18)13-15-6-9-26-10-7-15)16-5-4-14(8-11-27-2)12-17(16)23-21(19)22/h4-5,12,15H,3,6-11,13H2,1-2H3,(H2,22,23). The van der Waals surface area contributed by atoms with Gasteiger partial charge in [0, 0.05) is 31.6 Å². The number of thioether (sulfide) groups is 1. The van der Waals surface area contributed by atoms with Gasteiger partial charge in [-0.05, 0) is 48.8 Å². The molecule has 1 fully saturated rings. The molecule has 0 bridgehead atoms. The minimum absolute atomic E-state index is 0.542. The van der Waals surface area contributed by atoms with Crippen LogP contribution in [0.15, 0.2) is 18.2 Å². The van der Waals surface area contributed by atoms with Crippen molar-refractivity contribution in [3.05, 3.63) is 29.6 Å². The molecule has 1 saturated heterocycles. The third-order valence-electron chi connectivity index (χ3n) is 5.54. The van der Waals surface area contributed by atoms with E-state index in [2.05, 4.69) is 40.9 Å². The number of benzene rings is 1. The Kier molecular flexibility index (Phi) is 5.55. The van der Waals surface area contributed by atoms with Crippen molar-refractivity contribution in [2.75, 3.05) is 31.0 Å². The molecule has 2 aromatic heterocycles. The van der Waals surface area contributed by atoms with Crippen LogP contribution in [0.3, 0.4) is 0 Å². The number of imidazole rings is 1. The molecule has 4 rings (SSSR count). The van der Waals surface area contributed by atoms with Gasteiger partial charge in [-0.2, -0.15) is 11.8 Å². The van der Waals surface area contributed by atoms with Crippen LogP contribution in [0.25, 0.3) is 21.9 Å². The summed E-state index contributed by atoms with van der Waals surface area (Å²) in [7, 11) is 0. The van der Waals surface area contributed by atoms with E-state index in [0.29, 0.717) is 11.7 Å². The van der Waals surface area contributed by atoms with Crippen LogP contribution in [-0.2, 0) is 24.1 Å². The Labute approximate surface area is 164 Å². The van der Waals surface area contributed by atoms with E-state index in [1.807, 2.05) is 11.8 Å². The lowest BCUT2D eigenvalue weighted by Gasteiger charge is -2.23. The predicted octanol–water partition coefficient (Wildman–Crippen LogP) is 4.06. The summed E-state index contributed by atoms with van der Waals surface area (Å²) in [5, 5.41) is 1.16. The molecule has 0 radical (unpaired) electrons. The Bertz CT molecular complexity index is 946. The fraction of sp³-hybridized carbons (Fsp3) is 0.524. The molecule has 3 heterocycles. The van der Waals surface area contributed by atoms with E-state index in [-0.39, 0.29) is 0 Å². The second kappa shape index (κ2) is 8.07. The largest absolute Gasteiger partial charge is 0.382 e. The molecule has 0 amide bonds. The zero-order valence-corrected chi connectivity index (χ0v) is 17.0. The number of nitrogens with zero attached hydrogens (tertiary/aromatic N) is 3. The summed E-state index contributed by atoms with van der Waals surface area (Å²) in [4.78, 5) is 9.54. The minimum atomic E-state index is 0.542. The molecule has 1 aromatic carbocycles. The molecule has 0 aliphatic carbocycles. The molecular weight excluding hydrogens is 356 g/mol. The van der Waals surface area contributed by atoms with Gasteiger partial charge in [-0.3, -0.25) is 0 Å². The SMILES string of the molecule is CCc1nc2c(N)nc3cc(CCSC)ccc3c2n1CC1CCOCC1. The molecule has 6 heteroatoms. The van der Waals surface area contributed by atoms with Crippen molar-refractivity contribution in [3.63, 3.8) is 0 Å². The molecule has 1 aliphatic rings. The first-order valence-electron chi connectivity index (χ1n) is 9.85. The number of ether oxygens (including phenoxy) is 1. The van der Waals surface area contributed by atoms with Crippen molar-refractivity contribution in [2.45, 2.75) is 39.2 Å². The normalized spacial score (nSPS) is 15.8. The van der Waals surface area contributed by atoms with Gasteiger partial charge >= 0.3 is 0 Å². The first-order valence-corrected chi connectivity index (χ1v) is 11.2. The van der Waals surface area contributed by atoms with E-state index in [1.165, 1.54) is 5.56 Å². The summed E-state index contributed by atoms with van der Waals surface area (Å²) >= 11 is 1.87. The van der Waals surface area contributed by atoms with Gasteiger partial charge in [0.2, 0.25) is 0 Å². The van der Waals surface area contributed by atoms with Crippen molar-refractivity contribution < 1.29 is 4.74 Å². The number of hydrogen-bond acceptors (Lipinski definition) is 5. The molecule has 0 unspecified atom stereocenters. The van der Waals surface area contributed by atoms with Crippen LogP contribution >= 0.6 is 11.8 Å². The Morgan fingerprint density at radius 1 is 1.26 bits per heavy atom. The van der Waals surface area contributed by atoms with E-state index in [1.54, 1.807) is 0 Å². The smallest absolute Gasteiger partial charge is 0.152 e. The molecule has 0 atom stereocenters. The predicted molar refractivity (Wildman–Crippen MR) is 114 cm³/mol. The van der Waals surface area contributed by atoms with Crippen molar-refractivity contribution in [1.82, 2.24) is 14.5 Å². The first-order chi connectivity index (χ1) is 13.2. The molecule has 2 N–H and O–H groups in total. The van der Waals surface area contributed by atoms with Gasteiger partial charge < -0.3 is 15.0 Å². The van der Waals surface area contributed by atoms with Crippen molar-refractivity contribution in [2.24, 2.45) is 5.92 Å². The van der Waals surface area contributed by atoms with Gasteiger partial charge in [-0.15, -0.1) is 0 Å². The summed E-state index contributed by atoms with van der Waals surface area (Å²) in [6.07, 6.45) is 6.31. The lowest BCUT2D eigenvalue weighted by Crippen LogP contribution is -2.21. The topological polar surface area (TPSA) is 66.0 Å². The monoisotopic (exact) mass is 384 g/mol. The highest BCUT2D eigenvalue weighted by Crippen LogP contribution is 2.31. The molecule has 144 valence electrons. The lowest BCUT2D eigenvalue weighted by molar-refractivity contribution is 0.0614. The third kappa shape index (κ3) is 3.65. The second-order valence-corrected chi connectivity index (χ2v) is 8.32. The number of rotatable bonds is 6. The first kappa shape index (κ1) is 18.6. The van der Waals surface area contributed by atoms with Gasteiger partial charge in [0.15, 0.2) is 5.82 Å². The maximum absolute atomic E-state index is 6.33. The Morgan fingerprint density at radius 3 is 2.81 bits per heavy atom. The van der Waals surface area contributed by atoms with E-state index < -0.39 is 0 Å². The number of fused-ring (bicyclic) bond motifs is 3. The van der Waals surface area contributed by atoms with Crippen LogP contribution in [0.4, 0.5) is 5.82 Å². The molecule has 0 spiro atoms. The molecule has 27 heavy (non-hydrogen) atoms. The number of nitrogens with two attached hydrogens (primary N) is 1. The summed E-state index contributed by atoms with van der Waals surface area (Å²) in [5.74, 6) is 3.39. The minimum Gasteiger partial charge on any atom is -0.382 e. The molecule has 1 aliphatic heterocycles. The van der Waals surface area contributed by atoms with Gasteiger partial charge in [0.05, 0.1) is 11.0 Å². The van der Waals surface area contributed by atoms with Crippen LogP contribution in [0.1, 0.15) is 31.2 Å². The van der Waals surface area contributed by atoms with Gasteiger partial charge in [0.1, 0.15) is 11.3 Å². The van der Waals surface area contributed by atoms with Crippen LogP contribution < -0.4 is 5.73 Å². The van der Waals surface area contributed by atoms with E-state index in [0.717, 1.165) is 79.0 Å². The molecule has 0 saturated carbocycles. The number of aromatic nitrogens is 3. The van der Waals surface area contributed by atoms with E-state index in [9.17, 15) is 0 Å². The summed E-state index contributed by atoms with van der Waals surface area (Å²) in [6.45, 7) is 4.87. The highest BCUT2D eigenvalue weighted by atomic mass is 32.2. The maximum Gasteiger partial charge on any atom is 0.152 e. The Hall–Kier alpha value is -1.79. The average Bonchev–Trinajstić information content (AvgIpc) is 3.06. The summed E-state index contributed by atoms with van der Waals surface area (Å²) in [6, 6.07) is 6.63. The zero-order valence-electron chi connectivity index (χ0n) is 16.2. The fourth-order valence-electron chi connectivity index (χ4n) is 4.03. The second-order valence-electron chi connectivity index (χ2n) is 7.34. The Morgan fingerprint density at radius 2 is 2.07 bits per heavy atom. The highest BCUT2D eigenvalue weighted by Gasteiger charge is 2.21. The average molecular weight is 385 g/mol. The maximum atomic E-state index is 6.33. The summed E-state index contributed by atoms with van der Waals surface area (Å²) in [5.41, 5.74) is 10.6. The van der Waals surface area contributed by atoms with Crippen LogP contribution in [0.2, 0.25) is 0 Å². The van der Waals surface area contributed by atoms with Crippen molar-refractivity contribution in [1.29, 1.82) is 0 Å². The zero-order chi connectivity index (χ0) is 18.8.